The molecule has 0 radical (unpaired) electrons. The fourth-order valence-electron chi connectivity index (χ4n) is 1.42. The van der Waals surface area contributed by atoms with Crippen LogP contribution in [0.2, 0.25) is 0 Å². The quantitative estimate of drug-likeness (QED) is 0.331. The van der Waals surface area contributed by atoms with E-state index in [1.807, 2.05) is 0 Å². The van der Waals surface area contributed by atoms with Gasteiger partial charge in [0.05, 0.1) is 15.1 Å². The number of hydrazine groups is 1. The number of hydrogen-bond donors (Lipinski definition) is 3. The zero-order valence-electron chi connectivity index (χ0n) is 10.1. The molecule has 0 saturated carbocycles. The Morgan fingerprint density at radius 1 is 1.33 bits per heavy atom. The lowest BCUT2D eigenvalue weighted by Crippen LogP contribution is -2.12. The normalized spacial score (nSPS) is 10.3. The van der Waals surface area contributed by atoms with Crippen molar-refractivity contribution in [3.63, 3.8) is 0 Å². The zero-order chi connectivity index (χ0) is 15.6. The summed E-state index contributed by atoms with van der Waals surface area (Å²) < 4.78 is 27.1. The van der Waals surface area contributed by atoms with E-state index in [0.29, 0.717) is 0 Å². The Morgan fingerprint density at radius 3 is 2.67 bits per heavy atom. The number of rotatable bonds is 4. The molecular weight excluding hydrogens is 354 g/mol. The van der Waals surface area contributed by atoms with Crippen molar-refractivity contribution in [2.45, 2.75) is 0 Å². The van der Waals surface area contributed by atoms with Crippen molar-refractivity contribution in [3.05, 3.63) is 44.6 Å². The van der Waals surface area contributed by atoms with Crippen LogP contribution in [0.4, 0.5) is 31.9 Å². The second-order valence-electron chi connectivity index (χ2n) is 3.70. The fraction of sp³-hybridized carbons (Fsp3) is 0. The van der Waals surface area contributed by atoms with Crippen LogP contribution in [-0.2, 0) is 0 Å². The Labute approximate surface area is 124 Å². The minimum absolute atomic E-state index is 0.0768. The van der Waals surface area contributed by atoms with Crippen molar-refractivity contribution >= 4 is 39.1 Å². The van der Waals surface area contributed by atoms with E-state index >= 15 is 0 Å². The molecule has 2 rings (SSSR count). The van der Waals surface area contributed by atoms with E-state index in [4.69, 9.17) is 5.84 Å². The standard InChI is InChI=1S/C10H7BrF2N6O2/c11-4-1-6(13)7(2-5(4)12)16-9-8(19(20)21)3-15-10(17-9)18-14/h1-3H,14H2,(H2,15,16,17,18). The summed E-state index contributed by atoms with van der Waals surface area (Å²) in [6.45, 7) is 0. The Morgan fingerprint density at radius 2 is 2.05 bits per heavy atom. The molecule has 0 amide bonds. The maximum Gasteiger partial charge on any atom is 0.329 e. The molecular formula is C10H7BrF2N6O2. The number of nitrogen functional groups attached to an aromatic ring is 1. The summed E-state index contributed by atoms with van der Waals surface area (Å²) in [6, 6.07) is 1.72. The van der Waals surface area contributed by atoms with Crippen LogP contribution in [0.15, 0.2) is 22.8 Å². The summed E-state index contributed by atoms with van der Waals surface area (Å²) in [7, 11) is 0. The third kappa shape index (κ3) is 3.20. The van der Waals surface area contributed by atoms with Crippen LogP contribution < -0.4 is 16.6 Å². The van der Waals surface area contributed by atoms with Gasteiger partial charge in [0.15, 0.2) is 0 Å². The molecule has 0 aliphatic carbocycles. The zero-order valence-corrected chi connectivity index (χ0v) is 11.7. The number of anilines is 3. The Kier molecular flexibility index (Phi) is 4.23. The van der Waals surface area contributed by atoms with E-state index in [0.717, 1.165) is 18.3 Å². The Bertz CT molecular complexity index is 714. The second-order valence-corrected chi connectivity index (χ2v) is 4.55. The third-order valence-corrected chi connectivity index (χ3v) is 2.97. The van der Waals surface area contributed by atoms with Gasteiger partial charge in [0.2, 0.25) is 11.8 Å². The first kappa shape index (κ1) is 15.0. The van der Waals surface area contributed by atoms with Gasteiger partial charge in [-0.1, -0.05) is 0 Å². The van der Waals surface area contributed by atoms with Gasteiger partial charge in [0.1, 0.15) is 17.8 Å². The molecule has 21 heavy (non-hydrogen) atoms. The molecule has 1 aromatic heterocycles. The summed E-state index contributed by atoms with van der Waals surface area (Å²) in [6.07, 6.45) is 0.887. The molecule has 0 spiro atoms. The number of nitrogens with zero attached hydrogens (tertiary/aromatic N) is 3. The summed E-state index contributed by atoms with van der Waals surface area (Å²) in [4.78, 5) is 17.4. The van der Waals surface area contributed by atoms with Gasteiger partial charge in [-0.25, -0.2) is 19.6 Å². The van der Waals surface area contributed by atoms with E-state index in [1.165, 1.54) is 0 Å². The molecule has 0 unspecified atom stereocenters. The first-order valence-corrected chi connectivity index (χ1v) is 6.11. The minimum atomic E-state index is -0.821. The SMILES string of the molecule is NNc1ncc([N+](=O)[O-])c(Nc2cc(F)c(Br)cc2F)n1. The largest absolute Gasteiger partial charge is 0.332 e. The molecule has 1 aromatic carbocycles. The molecule has 0 fully saturated rings. The van der Waals surface area contributed by atoms with Gasteiger partial charge in [-0.3, -0.25) is 15.5 Å². The van der Waals surface area contributed by atoms with Crippen molar-refractivity contribution < 1.29 is 13.7 Å². The van der Waals surface area contributed by atoms with Crippen LogP contribution in [-0.4, -0.2) is 14.9 Å². The van der Waals surface area contributed by atoms with Gasteiger partial charge in [0, 0.05) is 6.07 Å². The number of hydrogen-bond acceptors (Lipinski definition) is 7. The lowest BCUT2D eigenvalue weighted by molar-refractivity contribution is -0.384. The minimum Gasteiger partial charge on any atom is -0.332 e. The van der Waals surface area contributed by atoms with E-state index in [1.54, 1.807) is 0 Å². The van der Waals surface area contributed by atoms with Gasteiger partial charge < -0.3 is 5.32 Å². The summed E-state index contributed by atoms with van der Waals surface area (Å²) in [5.41, 5.74) is 1.26. The second kappa shape index (κ2) is 5.93. The Balaban J connectivity index is 2.47. The average Bonchev–Trinajstić information content (AvgIpc) is 2.44. The van der Waals surface area contributed by atoms with Crippen molar-refractivity contribution in [1.29, 1.82) is 0 Å². The van der Waals surface area contributed by atoms with Crippen LogP contribution >= 0.6 is 15.9 Å². The maximum atomic E-state index is 13.7. The van der Waals surface area contributed by atoms with Gasteiger partial charge in [-0.2, -0.15) is 4.98 Å². The fourth-order valence-corrected chi connectivity index (χ4v) is 1.73. The molecule has 2 aromatic rings. The van der Waals surface area contributed by atoms with Crippen LogP contribution in [0.3, 0.4) is 0 Å². The molecule has 4 N–H and O–H groups in total. The molecule has 0 aliphatic heterocycles. The van der Waals surface area contributed by atoms with E-state index in [9.17, 15) is 18.9 Å². The van der Waals surface area contributed by atoms with Gasteiger partial charge >= 0.3 is 5.69 Å². The van der Waals surface area contributed by atoms with E-state index in [-0.39, 0.29) is 21.9 Å². The first-order chi connectivity index (χ1) is 9.92. The van der Waals surface area contributed by atoms with Gasteiger partial charge in [0.25, 0.3) is 0 Å². The summed E-state index contributed by atoms with van der Waals surface area (Å²) in [5.74, 6) is 3.08. The van der Waals surface area contributed by atoms with Gasteiger partial charge in [-0.05, 0) is 22.0 Å². The average molecular weight is 361 g/mol. The number of aromatic nitrogens is 2. The summed E-state index contributed by atoms with van der Waals surface area (Å²) in [5, 5.41) is 13.2. The van der Waals surface area contributed by atoms with Crippen molar-refractivity contribution in [2.24, 2.45) is 5.84 Å². The van der Waals surface area contributed by atoms with Crippen molar-refractivity contribution in [3.8, 4) is 0 Å². The highest BCUT2D eigenvalue weighted by atomic mass is 79.9. The van der Waals surface area contributed by atoms with Gasteiger partial charge in [-0.15, -0.1) is 0 Å². The predicted octanol–water partition coefficient (Wildman–Crippen LogP) is 2.45. The Hall–Kier alpha value is -2.40. The number of nitrogens with two attached hydrogens (primary N) is 1. The summed E-state index contributed by atoms with van der Waals surface area (Å²) >= 11 is 2.82. The highest BCUT2D eigenvalue weighted by molar-refractivity contribution is 9.10. The number of nitro groups is 1. The smallest absolute Gasteiger partial charge is 0.329 e. The number of nitrogens with one attached hydrogen (secondary N) is 2. The molecule has 110 valence electrons. The first-order valence-electron chi connectivity index (χ1n) is 5.32. The van der Waals surface area contributed by atoms with Crippen LogP contribution in [0.1, 0.15) is 0 Å². The number of benzene rings is 1. The lowest BCUT2D eigenvalue weighted by atomic mass is 10.3. The molecule has 0 aliphatic rings. The topological polar surface area (TPSA) is 119 Å². The maximum absolute atomic E-state index is 13.7. The van der Waals surface area contributed by atoms with Crippen LogP contribution in [0, 0.1) is 21.7 Å². The van der Waals surface area contributed by atoms with Crippen molar-refractivity contribution in [1.82, 2.24) is 9.97 Å². The van der Waals surface area contributed by atoms with Crippen LogP contribution in [0.5, 0.6) is 0 Å². The highest BCUT2D eigenvalue weighted by Gasteiger charge is 2.19. The molecule has 1 heterocycles. The van der Waals surface area contributed by atoms with E-state index < -0.39 is 22.2 Å². The molecule has 0 atom stereocenters. The lowest BCUT2D eigenvalue weighted by Gasteiger charge is -2.09. The molecule has 0 saturated heterocycles. The highest BCUT2D eigenvalue weighted by Crippen LogP contribution is 2.29. The van der Waals surface area contributed by atoms with Crippen molar-refractivity contribution in [2.75, 3.05) is 10.7 Å². The predicted molar refractivity (Wildman–Crippen MR) is 73.8 cm³/mol. The van der Waals surface area contributed by atoms with E-state index in [2.05, 4.69) is 36.6 Å². The third-order valence-electron chi connectivity index (χ3n) is 2.36. The molecule has 11 heteroatoms. The van der Waals surface area contributed by atoms with Crippen LogP contribution in [0.25, 0.3) is 0 Å². The molecule has 0 bridgehead atoms. The number of halogens is 3. The molecule has 8 nitrogen and oxygen atoms in total. The monoisotopic (exact) mass is 360 g/mol.